The fraction of sp³-hybridized carbons (Fsp3) is 0.391. The molecule has 2 rings (SSSR count). The van der Waals surface area contributed by atoms with Crippen molar-refractivity contribution in [3.63, 3.8) is 0 Å². The van der Waals surface area contributed by atoms with E-state index in [2.05, 4.69) is 0 Å². The third-order valence-corrected chi connectivity index (χ3v) is 5.58. The molecule has 0 unspecified atom stereocenters. The van der Waals surface area contributed by atoms with Gasteiger partial charge in [-0.25, -0.2) is 9.59 Å². The molecule has 5 nitrogen and oxygen atoms in total. The summed E-state index contributed by atoms with van der Waals surface area (Å²) < 4.78 is 5.84. The number of phenols is 1. The van der Waals surface area contributed by atoms with Gasteiger partial charge in [-0.3, -0.25) is 0 Å². The monoisotopic (exact) mass is 384 g/mol. The number of benzene rings is 2. The van der Waals surface area contributed by atoms with Gasteiger partial charge >= 0.3 is 11.9 Å². The highest BCUT2D eigenvalue weighted by atomic mass is 16.5. The second kappa shape index (κ2) is 8.05. The number of hydrogen-bond acceptors (Lipinski definition) is 4. The lowest BCUT2D eigenvalue weighted by Crippen LogP contribution is -2.17. The molecule has 0 bridgehead atoms. The normalized spacial score (nSPS) is 10.8. The molecule has 2 aromatic rings. The summed E-state index contributed by atoms with van der Waals surface area (Å²) >= 11 is 0. The summed E-state index contributed by atoms with van der Waals surface area (Å²) in [7, 11) is 0. The van der Waals surface area contributed by atoms with Crippen molar-refractivity contribution in [2.75, 3.05) is 0 Å². The molecule has 5 heteroatoms. The number of carboxylic acid groups (broad SMARTS) is 1. The second-order valence-electron chi connectivity index (χ2n) is 7.15. The lowest BCUT2D eigenvalue weighted by atomic mass is 9.91. The summed E-state index contributed by atoms with van der Waals surface area (Å²) in [5, 5.41) is 19.7. The SMILES string of the molecule is CCc1c(O)cc(C)c(C(=O)Oc2c(C)c(C)c(C(=O)O)c(C)c2CC)c1C. The maximum absolute atomic E-state index is 13.1. The van der Waals surface area contributed by atoms with Crippen molar-refractivity contribution < 1.29 is 24.5 Å². The molecule has 0 spiro atoms. The maximum Gasteiger partial charge on any atom is 0.344 e. The van der Waals surface area contributed by atoms with Crippen LogP contribution in [0.4, 0.5) is 0 Å². The molecule has 0 aliphatic rings. The van der Waals surface area contributed by atoms with Crippen molar-refractivity contribution in [3.05, 3.63) is 56.1 Å². The number of aryl methyl sites for hydroxylation is 1. The number of carboxylic acids is 1. The van der Waals surface area contributed by atoms with Crippen LogP contribution in [0.5, 0.6) is 11.5 Å². The Balaban J connectivity index is 2.65. The fourth-order valence-corrected chi connectivity index (χ4v) is 3.98. The Kier molecular flexibility index (Phi) is 6.17. The minimum Gasteiger partial charge on any atom is -0.508 e. The first-order valence-corrected chi connectivity index (χ1v) is 9.46. The van der Waals surface area contributed by atoms with Gasteiger partial charge in [0.1, 0.15) is 11.5 Å². The molecule has 0 fully saturated rings. The van der Waals surface area contributed by atoms with Crippen molar-refractivity contribution in [3.8, 4) is 11.5 Å². The molecule has 0 aliphatic heterocycles. The van der Waals surface area contributed by atoms with Crippen LogP contribution in [0.15, 0.2) is 6.07 Å². The molecule has 0 aliphatic carbocycles. The van der Waals surface area contributed by atoms with Crippen molar-refractivity contribution in [1.29, 1.82) is 0 Å². The van der Waals surface area contributed by atoms with E-state index in [-0.39, 0.29) is 11.3 Å². The van der Waals surface area contributed by atoms with Crippen LogP contribution in [0, 0.1) is 34.6 Å². The first kappa shape index (κ1) is 21.5. The second-order valence-corrected chi connectivity index (χ2v) is 7.15. The Hall–Kier alpha value is -2.82. The summed E-state index contributed by atoms with van der Waals surface area (Å²) in [6.07, 6.45) is 1.15. The number of aromatic hydroxyl groups is 1. The minimum absolute atomic E-state index is 0.178. The van der Waals surface area contributed by atoms with Gasteiger partial charge in [0.2, 0.25) is 0 Å². The van der Waals surface area contributed by atoms with Gasteiger partial charge in [0.05, 0.1) is 11.1 Å². The first-order chi connectivity index (χ1) is 13.1. The number of carbonyl (C=O) groups excluding carboxylic acids is 1. The van der Waals surface area contributed by atoms with E-state index in [1.165, 1.54) is 0 Å². The van der Waals surface area contributed by atoms with Gasteiger partial charge in [0, 0.05) is 0 Å². The molecule has 0 amide bonds. The summed E-state index contributed by atoms with van der Waals surface area (Å²) in [4.78, 5) is 24.8. The Morgan fingerprint density at radius 1 is 0.857 bits per heavy atom. The summed E-state index contributed by atoms with van der Waals surface area (Å²) in [6.45, 7) is 12.7. The Bertz CT molecular complexity index is 970. The average molecular weight is 384 g/mol. The number of hydrogen-bond donors (Lipinski definition) is 2. The molecule has 0 saturated heterocycles. The molecule has 0 aromatic heterocycles. The highest BCUT2D eigenvalue weighted by Gasteiger charge is 2.25. The van der Waals surface area contributed by atoms with Crippen LogP contribution in [-0.2, 0) is 12.8 Å². The number of carbonyl (C=O) groups is 2. The molecule has 0 saturated carbocycles. The molecule has 0 atom stereocenters. The van der Waals surface area contributed by atoms with Crippen LogP contribution in [0.25, 0.3) is 0 Å². The van der Waals surface area contributed by atoms with Crippen molar-refractivity contribution >= 4 is 11.9 Å². The number of phenolic OH excluding ortho intramolecular Hbond substituents is 1. The topological polar surface area (TPSA) is 83.8 Å². The van der Waals surface area contributed by atoms with E-state index in [0.717, 1.165) is 11.1 Å². The standard InChI is InChI=1S/C23H28O5/c1-8-16-14(6)19(11(3)10-18(16)24)23(27)28-21-13(5)12(4)20(22(25)26)15(7)17(21)9-2/h10,24H,8-9H2,1-7H3,(H,25,26). The largest absolute Gasteiger partial charge is 0.508 e. The molecule has 0 radical (unpaired) electrons. The Morgan fingerprint density at radius 3 is 1.89 bits per heavy atom. The molecule has 2 N–H and O–H groups in total. The van der Waals surface area contributed by atoms with E-state index in [4.69, 9.17) is 4.74 Å². The predicted octanol–water partition coefficient (Wildman–Crippen LogP) is 4.98. The van der Waals surface area contributed by atoms with Gasteiger partial charge < -0.3 is 14.9 Å². The van der Waals surface area contributed by atoms with Gasteiger partial charge in [0.15, 0.2) is 0 Å². The van der Waals surface area contributed by atoms with Crippen molar-refractivity contribution in [2.24, 2.45) is 0 Å². The molecular weight excluding hydrogens is 356 g/mol. The van der Waals surface area contributed by atoms with Crippen LogP contribution in [0.2, 0.25) is 0 Å². The van der Waals surface area contributed by atoms with Crippen LogP contribution in [0.3, 0.4) is 0 Å². The van der Waals surface area contributed by atoms with Crippen molar-refractivity contribution in [1.82, 2.24) is 0 Å². The molecule has 0 heterocycles. The predicted molar refractivity (Wildman–Crippen MR) is 109 cm³/mol. The van der Waals surface area contributed by atoms with E-state index < -0.39 is 11.9 Å². The van der Waals surface area contributed by atoms with Gasteiger partial charge in [-0.2, -0.15) is 0 Å². The molecule has 150 valence electrons. The summed E-state index contributed by atoms with van der Waals surface area (Å²) in [5.41, 5.74) is 5.36. The maximum atomic E-state index is 13.1. The number of esters is 1. The van der Waals surface area contributed by atoms with E-state index in [9.17, 15) is 19.8 Å². The molecular formula is C23H28O5. The summed E-state index contributed by atoms with van der Waals surface area (Å²) in [5.74, 6) is -0.873. The van der Waals surface area contributed by atoms with E-state index in [1.54, 1.807) is 40.7 Å². The van der Waals surface area contributed by atoms with Crippen LogP contribution < -0.4 is 4.74 Å². The average Bonchev–Trinajstić information content (AvgIpc) is 2.59. The van der Waals surface area contributed by atoms with Gasteiger partial charge in [-0.15, -0.1) is 0 Å². The summed E-state index contributed by atoms with van der Waals surface area (Å²) in [6, 6.07) is 1.58. The third kappa shape index (κ3) is 3.49. The van der Waals surface area contributed by atoms with Crippen LogP contribution in [-0.4, -0.2) is 22.2 Å². The van der Waals surface area contributed by atoms with Gasteiger partial charge in [-0.05, 0) is 92.5 Å². The Labute approximate surface area is 166 Å². The fourth-order valence-electron chi connectivity index (χ4n) is 3.98. The zero-order chi connectivity index (χ0) is 21.3. The lowest BCUT2D eigenvalue weighted by molar-refractivity contribution is 0.0694. The zero-order valence-electron chi connectivity index (χ0n) is 17.6. The Morgan fingerprint density at radius 2 is 1.39 bits per heavy atom. The zero-order valence-corrected chi connectivity index (χ0v) is 17.6. The minimum atomic E-state index is -0.983. The quantitative estimate of drug-likeness (QED) is 0.561. The smallest absolute Gasteiger partial charge is 0.344 e. The number of rotatable bonds is 5. The first-order valence-electron chi connectivity index (χ1n) is 9.46. The molecule has 28 heavy (non-hydrogen) atoms. The number of ether oxygens (including phenoxy) is 1. The van der Waals surface area contributed by atoms with Crippen molar-refractivity contribution in [2.45, 2.75) is 61.3 Å². The highest BCUT2D eigenvalue weighted by Crippen LogP contribution is 2.35. The number of aromatic carboxylic acids is 1. The van der Waals surface area contributed by atoms with Gasteiger partial charge in [-0.1, -0.05) is 13.8 Å². The van der Waals surface area contributed by atoms with E-state index >= 15 is 0 Å². The highest BCUT2D eigenvalue weighted by molar-refractivity contribution is 5.96. The van der Waals surface area contributed by atoms with Crippen LogP contribution >= 0.6 is 0 Å². The van der Waals surface area contributed by atoms with Gasteiger partial charge in [0.25, 0.3) is 0 Å². The third-order valence-electron chi connectivity index (χ3n) is 5.58. The van der Waals surface area contributed by atoms with E-state index in [0.29, 0.717) is 52.0 Å². The lowest BCUT2D eigenvalue weighted by Gasteiger charge is -2.21. The molecule has 2 aromatic carbocycles. The van der Waals surface area contributed by atoms with Crippen LogP contribution in [0.1, 0.15) is 73.5 Å². The van der Waals surface area contributed by atoms with E-state index in [1.807, 2.05) is 13.8 Å².